The van der Waals surface area contributed by atoms with Crippen LogP contribution in [0.4, 0.5) is 0 Å². The molecule has 1 N–H and O–H groups in total. The Bertz CT molecular complexity index is 209. The lowest BCUT2D eigenvalue weighted by Crippen LogP contribution is -2.51. The lowest BCUT2D eigenvalue weighted by atomic mass is 9.85. The molecule has 1 rings (SSSR count). The monoisotopic (exact) mass is 254 g/mol. The van der Waals surface area contributed by atoms with Crippen molar-refractivity contribution < 1.29 is 0 Å². The summed E-state index contributed by atoms with van der Waals surface area (Å²) in [5.41, 5.74) is 0. The van der Waals surface area contributed by atoms with Crippen molar-refractivity contribution >= 4 is 0 Å². The molecule has 1 aliphatic rings. The quantitative estimate of drug-likeness (QED) is 0.746. The molecule has 0 spiro atoms. The maximum absolute atomic E-state index is 3.54. The molecule has 18 heavy (non-hydrogen) atoms. The highest BCUT2D eigenvalue weighted by Crippen LogP contribution is 2.28. The van der Waals surface area contributed by atoms with E-state index in [2.05, 4.69) is 45.1 Å². The minimum atomic E-state index is 0.657. The summed E-state index contributed by atoms with van der Waals surface area (Å²) >= 11 is 0. The van der Waals surface area contributed by atoms with Gasteiger partial charge >= 0.3 is 0 Å². The molecule has 2 nitrogen and oxygen atoms in total. The number of likely N-dealkylation sites (N-methyl/N-ethyl adjacent to an activating group) is 2. The largest absolute Gasteiger partial charge is 0.315 e. The molecule has 0 saturated heterocycles. The van der Waals surface area contributed by atoms with Gasteiger partial charge in [-0.25, -0.2) is 0 Å². The average Bonchev–Trinajstić information content (AvgIpc) is 2.39. The van der Waals surface area contributed by atoms with E-state index in [0.29, 0.717) is 12.1 Å². The Morgan fingerprint density at radius 2 is 1.78 bits per heavy atom. The molecule has 0 bridgehead atoms. The van der Waals surface area contributed by atoms with Crippen LogP contribution in [0.25, 0.3) is 0 Å². The lowest BCUT2D eigenvalue weighted by Gasteiger charge is -2.41. The van der Waals surface area contributed by atoms with Crippen molar-refractivity contribution in [1.29, 1.82) is 0 Å². The number of nitrogens with zero attached hydrogens (tertiary/aromatic N) is 1. The Labute approximate surface area is 115 Å². The molecule has 108 valence electrons. The molecule has 2 atom stereocenters. The number of hydrogen-bond acceptors (Lipinski definition) is 2. The standard InChI is InChI=1S/C16H34N2/c1-6-8-15(17-4)16(7-2)18(5)14-11-9-13(3)10-12-14/h13-17H,6-12H2,1-5H3. The highest BCUT2D eigenvalue weighted by Gasteiger charge is 2.29. The van der Waals surface area contributed by atoms with E-state index in [4.69, 9.17) is 0 Å². The van der Waals surface area contributed by atoms with E-state index in [-0.39, 0.29) is 0 Å². The number of nitrogens with one attached hydrogen (secondary N) is 1. The van der Waals surface area contributed by atoms with Gasteiger partial charge in [-0.15, -0.1) is 0 Å². The molecule has 0 aromatic rings. The third-order valence-corrected chi connectivity index (χ3v) is 4.94. The zero-order valence-electron chi connectivity index (χ0n) is 13.2. The third-order valence-electron chi connectivity index (χ3n) is 4.94. The van der Waals surface area contributed by atoms with Crippen LogP contribution in [-0.2, 0) is 0 Å². The predicted molar refractivity (Wildman–Crippen MR) is 81.0 cm³/mol. The summed E-state index contributed by atoms with van der Waals surface area (Å²) in [4.78, 5) is 2.68. The first-order valence-corrected chi connectivity index (χ1v) is 8.03. The molecular formula is C16H34N2. The first kappa shape index (κ1) is 16.0. The van der Waals surface area contributed by atoms with Crippen molar-refractivity contribution in [3.05, 3.63) is 0 Å². The summed E-state index contributed by atoms with van der Waals surface area (Å²) in [5.74, 6) is 0.950. The zero-order valence-corrected chi connectivity index (χ0v) is 13.2. The van der Waals surface area contributed by atoms with Gasteiger partial charge in [0.1, 0.15) is 0 Å². The maximum Gasteiger partial charge on any atom is 0.0246 e. The smallest absolute Gasteiger partial charge is 0.0246 e. The molecular weight excluding hydrogens is 220 g/mol. The molecule has 0 radical (unpaired) electrons. The van der Waals surface area contributed by atoms with Crippen molar-refractivity contribution in [2.45, 2.75) is 83.8 Å². The van der Waals surface area contributed by atoms with E-state index in [1.807, 2.05) is 0 Å². The SMILES string of the molecule is CCCC(NC)C(CC)N(C)C1CCC(C)CC1. The Morgan fingerprint density at radius 3 is 2.22 bits per heavy atom. The van der Waals surface area contributed by atoms with Crippen molar-refractivity contribution in [2.24, 2.45) is 5.92 Å². The summed E-state index contributed by atoms with van der Waals surface area (Å²) in [5, 5.41) is 3.54. The fourth-order valence-corrected chi connectivity index (χ4v) is 3.62. The molecule has 2 unspecified atom stereocenters. The van der Waals surface area contributed by atoms with Gasteiger partial charge in [-0.05, 0) is 58.5 Å². The third kappa shape index (κ3) is 4.24. The minimum Gasteiger partial charge on any atom is -0.315 e. The van der Waals surface area contributed by atoms with Crippen molar-refractivity contribution in [1.82, 2.24) is 10.2 Å². The van der Waals surface area contributed by atoms with E-state index >= 15 is 0 Å². The van der Waals surface area contributed by atoms with Gasteiger partial charge in [0, 0.05) is 18.1 Å². The normalized spacial score (nSPS) is 28.3. The van der Waals surface area contributed by atoms with Gasteiger partial charge < -0.3 is 5.32 Å². The van der Waals surface area contributed by atoms with Gasteiger partial charge in [0.2, 0.25) is 0 Å². The molecule has 0 amide bonds. The van der Waals surface area contributed by atoms with Gasteiger partial charge in [-0.3, -0.25) is 4.90 Å². The summed E-state index contributed by atoms with van der Waals surface area (Å²) in [6.45, 7) is 7.03. The van der Waals surface area contributed by atoms with Crippen LogP contribution in [0.3, 0.4) is 0 Å². The highest BCUT2D eigenvalue weighted by atomic mass is 15.2. The van der Waals surface area contributed by atoms with Crippen LogP contribution in [0, 0.1) is 5.92 Å². The molecule has 0 aliphatic heterocycles. The zero-order chi connectivity index (χ0) is 13.5. The van der Waals surface area contributed by atoms with E-state index in [1.165, 1.54) is 44.9 Å². The average molecular weight is 254 g/mol. The van der Waals surface area contributed by atoms with Crippen LogP contribution in [-0.4, -0.2) is 37.1 Å². The first-order valence-electron chi connectivity index (χ1n) is 8.03. The second kappa shape index (κ2) is 8.16. The van der Waals surface area contributed by atoms with E-state index in [0.717, 1.165) is 12.0 Å². The fraction of sp³-hybridized carbons (Fsp3) is 1.00. The Kier molecular flexibility index (Phi) is 7.25. The molecule has 0 aromatic heterocycles. The summed E-state index contributed by atoms with van der Waals surface area (Å²) in [7, 11) is 4.48. The van der Waals surface area contributed by atoms with Crippen LogP contribution in [0.5, 0.6) is 0 Å². The van der Waals surface area contributed by atoms with E-state index < -0.39 is 0 Å². The molecule has 1 fully saturated rings. The molecule has 0 aromatic carbocycles. The maximum atomic E-state index is 3.54. The van der Waals surface area contributed by atoms with Gasteiger partial charge in [0.05, 0.1) is 0 Å². The summed E-state index contributed by atoms with van der Waals surface area (Å²) in [6.07, 6.45) is 9.47. The van der Waals surface area contributed by atoms with Crippen LogP contribution in [0.2, 0.25) is 0 Å². The number of hydrogen-bond donors (Lipinski definition) is 1. The second-order valence-corrected chi connectivity index (χ2v) is 6.24. The van der Waals surface area contributed by atoms with Crippen LogP contribution < -0.4 is 5.32 Å². The first-order chi connectivity index (χ1) is 8.63. The van der Waals surface area contributed by atoms with E-state index in [1.54, 1.807) is 0 Å². The van der Waals surface area contributed by atoms with Gasteiger partial charge in [0.15, 0.2) is 0 Å². The summed E-state index contributed by atoms with van der Waals surface area (Å²) in [6, 6.07) is 2.18. The Hall–Kier alpha value is -0.0800. The Balaban J connectivity index is 2.57. The lowest BCUT2D eigenvalue weighted by molar-refractivity contribution is 0.0958. The topological polar surface area (TPSA) is 15.3 Å². The highest BCUT2D eigenvalue weighted by molar-refractivity contribution is 4.86. The van der Waals surface area contributed by atoms with Crippen molar-refractivity contribution in [3.63, 3.8) is 0 Å². The predicted octanol–water partition coefficient (Wildman–Crippen LogP) is 3.66. The van der Waals surface area contributed by atoms with Crippen LogP contribution >= 0.6 is 0 Å². The number of rotatable bonds is 7. The minimum absolute atomic E-state index is 0.657. The van der Waals surface area contributed by atoms with Crippen LogP contribution in [0.1, 0.15) is 65.7 Å². The molecule has 1 aliphatic carbocycles. The Morgan fingerprint density at radius 1 is 1.17 bits per heavy atom. The van der Waals surface area contributed by atoms with Gasteiger partial charge in [-0.2, -0.15) is 0 Å². The second-order valence-electron chi connectivity index (χ2n) is 6.24. The van der Waals surface area contributed by atoms with Gasteiger partial charge in [0.25, 0.3) is 0 Å². The van der Waals surface area contributed by atoms with Crippen molar-refractivity contribution in [3.8, 4) is 0 Å². The van der Waals surface area contributed by atoms with E-state index in [9.17, 15) is 0 Å². The molecule has 2 heteroatoms. The van der Waals surface area contributed by atoms with Crippen LogP contribution in [0.15, 0.2) is 0 Å². The van der Waals surface area contributed by atoms with Gasteiger partial charge in [-0.1, -0.05) is 27.2 Å². The molecule has 1 saturated carbocycles. The molecule has 0 heterocycles. The fourth-order valence-electron chi connectivity index (χ4n) is 3.62. The summed E-state index contributed by atoms with van der Waals surface area (Å²) < 4.78 is 0. The van der Waals surface area contributed by atoms with Crippen molar-refractivity contribution in [2.75, 3.05) is 14.1 Å².